The highest BCUT2D eigenvalue weighted by molar-refractivity contribution is 5.94. The molecule has 0 atom stereocenters. The van der Waals surface area contributed by atoms with Crippen LogP contribution < -0.4 is 10.6 Å². The van der Waals surface area contributed by atoms with Crippen LogP contribution in [0.1, 0.15) is 36.0 Å². The Morgan fingerprint density at radius 1 is 1.00 bits per heavy atom. The highest BCUT2D eigenvalue weighted by atomic mass is 19.2. The second kappa shape index (κ2) is 6.51. The first-order chi connectivity index (χ1) is 9.95. The number of amides is 2. The van der Waals surface area contributed by atoms with Crippen LogP contribution in [0.2, 0.25) is 0 Å². The van der Waals surface area contributed by atoms with E-state index in [2.05, 4.69) is 10.6 Å². The Morgan fingerprint density at radius 3 is 2.10 bits per heavy atom. The topological polar surface area (TPSA) is 78.4 Å². The Hall–Kier alpha value is -2.18. The van der Waals surface area contributed by atoms with Gasteiger partial charge in [-0.1, -0.05) is 0 Å². The van der Waals surface area contributed by atoms with Crippen molar-refractivity contribution >= 4 is 12.0 Å². The van der Waals surface area contributed by atoms with E-state index >= 15 is 0 Å². The van der Waals surface area contributed by atoms with Crippen molar-refractivity contribution in [2.24, 2.45) is 0 Å². The van der Waals surface area contributed by atoms with Gasteiger partial charge in [-0.2, -0.15) is 0 Å². The second-order valence-electron chi connectivity index (χ2n) is 5.10. The molecule has 5 nitrogen and oxygen atoms in total. The second-order valence-corrected chi connectivity index (χ2v) is 5.10. The van der Waals surface area contributed by atoms with Gasteiger partial charge >= 0.3 is 6.09 Å². The zero-order chi connectivity index (χ0) is 15.4. The molecule has 2 amide bonds. The lowest BCUT2D eigenvalue weighted by atomic mass is 9.91. The lowest BCUT2D eigenvalue weighted by Crippen LogP contribution is -2.43. The van der Waals surface area contributed by atoms with E-state index in [9.17, 15) is 18.4 Å². The zero-order valence-electron chi connectivity index (χ0n) is 11.2. The minimum Gasteiger partial charge on any atom is -0.465 e. The van der Waals surface area contributed by atoms with Gasteiger partial charge in [-0.05, 0) is 43.9 Å². The van der Waals surface area contributed by atoms with Gasteiger partial charge in [0.1, 0.15) is 0 Å². The minimum absolute atomic E-state index is 0.0692. The fraction of sp³-hybridized carbons (Fsp3) is 0.429. The van der Waals surface area contributed by atoms with Crippen molar-refractivity contribution in [3.05, 3.63) is 35.4 Å². The van der Waals surface area contributed by atoms with E-state index in [4.69, 9.17) is 5.11 Å². The molecular weight excluding hydrogens is 282 g/mol. The van der Waals surface area contributed by atoms with Crippen molar-refractivity contribution < 1.29 is 23.5 Å². The summed E-state index contributed by atoms with van der Waals surface area (Å²) in [7, 11) is 0. The fourth-order valence-corrected chi connectivity index (χ4v) is 2.46. The number of carbonyl (C=O) groups excluding carboxylic acids is 1. The van der Waals surface area contributed by atoms with Gasteiger partial charge in [-0.25, -0.2) is 13.6 Å². The summed E-state index contributed by atoms with van der Waals surface area (Å²) in [5.74, 6) is -2.51. The molecule has 0 heterocycles. The maximum Gasteiger partial charge on any atom is 0.404 e. The van der Waals surface area contributed by atoms with Crippen LogP contribution in [0.5, 0.6) is 0 Å². The summed E-state index contributed by atoms with van der Waals surface area (Å²) in [6, 6.07) is 2.82. The van der Waals surface area contributed by atoms with E-state index in [1.54, 1.807) is 0 Å². The van der Waals surface area contributed by atoms with Gasteiger partial charge in [-0.3, -0.25) is 4.79 Å². The fourth-order valence-electron chi connectivity index (χ4n) is 2.46. The van der Waals surface area contributed by atoms with Crippen molar-refractivity contribution in [3.63, 3.8) is 0 Å². The summed E-state index contributed by atoms with van der Waals surface area (Å²) in [5, 5.41) is 13.8. The van der Waals surface area contributed by atoms with E-state index in [1.165, 1.54) is 6.07 Å². The minimum atomic E-state index is -1.06. The third-order valence-corrected chi connectivity index (χ3v) is 3.57. The summed E-state index contributed by atoms with van der Waals surface area (Å²) < 4.78 is 25.9. The maximum atomic E-state index is 13.1. The van der Waals surface area contributed by atoms with Gasteiger partial charge in [-0.15, -0.1) is 0 Å². The van der Waals surface area contributed by atoms with Gasteiger partial charge in [0.15, 0.2) is 11.6 Å². The first-order valence-corrected chi connectivity index (χ1v) is 6.71. The molecule has 1 aliphatic carbocycles. The van der Waals surface area contributed by atoms with Gasteiger partial charge < -0.3 is 15.7 Å². The van der Waals surface area contributed by atoms with Crippen molar-refractivity contribution in [1.82, 2.24) is 10.6 Å². The largest absolute Gasteiger partial charge is 0.465 e. The smallest absolute Gasteiger partial charge is 0.404 e. The maximum absolute atomic E-state index is 13.1. The van der Waals surface area contributed by atoms with Crippen LogP contribution in [0.15, 0.2) is 18.2 Å². The van der Waals surface area contributed by atoms with Gasteiger partial charge in [0.2, 0.25) is 0 Å². The predicted octanol–water partition coefficient (Wildman–Crippen LogP) is 2.27. The number of benzene rings is 1. The lowest BCUT2D eigenvalue weighted by Gasteiger charge is -2.28. The Kier molecular flexibility index (Phi) is 4.72. The summed E-state index contributed by atoms with van der Waals surface area (Å²) in [6.45, 7) is 0. The number of hydrogen-bond acceptors (Lipinski definition) is 2. The number of carbonyl (C=O) groups is 2. The third kappa shape index (κ3) is 4.14. The molecule has 114 valence electrons. The molecule has 1 aromatic rings. The van der Waals surface area contributed by atoms with Crippen LogP contribution in [0.4, 0.5) is 13.6 Å². The van der Waals surface area contributed by atoms with Crippen molar-refractivity contribution in [2.75, 3.05) is 0 Å². The summed E-state index contributed by atoms with van der Waals surface area (Å²) in [4.78, 5) is 22.4. The Morgan fingerprint density at radius 2 is 1.57 bits per heavy atom. The molecule has 0 aliphatic heterocycles. The number of halogens is 2. The van der Waals surface area contributed by atoms with E-state index in [-0.39, 0.29) is 17.6 Å². The third-order valence-electron chi connectivity index (χ3n) is 3.57. The molecule has 2 rings (SSSR count). The van der Waals surface area contributed by atoms with Crippen molar-refractivity contribution in [2.45, 2.75) is 37.8 Å². The normalized spacial score (nSPS) is 21.6. The quantitative estimate of drug-likeness (QED) is 0.801. The molecule has 1 saturated carbocycles. The lowest BCUT2D eigenvalue weighted by molar-refractivity contribution is 0.0922. The summed E-state index contributed by atoms with van der Waals surface area (Å²) >= 11 is 0. The number of carboxylic acid groups (broad SMARTS) is 1. The Bertz CT molecular complexity index is 543. The van der Waals surface area contributed by atoms with Crippen molar-refractivity contribution in [1.29, 1.82) is 0 Å². The molecule has 7 heteroatoms. The molecule has 3 N–H and O–H groups in total. The van der Waals surface area contributed by atoms with Crippen LogP contribution in [-0.2, 0) is 0 Å². The molecule has 21 heavy (non-hydrogen) atoms. The molecule has 0 saturated heterocycles. The first-order valence-electron chi connectivity index (χ1n) is 6.71. The molecule has 1 aromatic carbocycles. The average Bonchev–Trinajstić information content (AvgIpc) is 2.43. The van der Waals surface area contributed by atoms with Crippen LogP contribution >= 0.6 is 0 Å². The van der Waals surface area contributed by atoms with E-state index in [1.807, 2.05) is 0 Å². The highest BCUT2D eigenvalue weighted by Crippen LogP contribution is 2.19. The molecule has 1 aliphatic rings. The van der Waals surface area contributed by atoms with Crippen LogP contribution in [0.25, 0.3) is 0 Å². The molecule has 0 bridgehead atoms. The van der Waals surface area contributed by atoms with Crippen LogP contribution in [-0.4, -0.2) is 29.2 Å². The summed E-state index contributed by atoms with van der Waals surface area (Å²) in [5.41, 5.74) is 0.0692. The van der Waals surface area contributed by atoms with E-state index in [0.717, 1.165) is 12.1 Å². The molecule has 0 unspecified atom stereocenters. The molecular formula is C14H16F2N2O3. The van der Waals surface area contributed by atoms with E-state index in [0.29, 0.717) is 25.7 Å². The monoisotopic (exact) mass is 298 g/mol. The standard InChI is InChI=1S/C14H16F2N2O3/c15-11-6-1-8(7-12(11)16)13(19)17-9-2-4-10(5-3-9)18-14(20)21/h1,6-7,9-10,18H,2-5H2,(H,17,19)(H,20,21). The number of hydrogen-bond donors (Lipinski definition) is 3. The molecule has 0 spiro atoms. The number of rotatable bonds is 3. The first kappa shape index (κ1) is 15.2. The van der Waals surface area contributed by atoms with E-state index < -0.39 is 23.6 Å². The number of nitrogens with one attached hydrogen (secondary N) is 2. The molecule has 0 radical (unpaired) electrons. The Labute approximate surface area is 120 Å². The summed E-state index contributed by atoms with van der Waals surface area (Å²) in [6.07, 6.45) is 1.49. The predicted molar refractivity (Wildman–Crippen MR) is 71.0 cm³/mol. The molecule has 1 fully saturated rings. The van der Waals surface area contributed by atoms with Gasteiger partial charge in [0.25, 0.3) is 5.91 Å². The SMILES string of the molecule is O=C(O)NC1CCC(NC(=O)c2ccc(F)c(F)c2)CC1. The highest BCUT2D eigenvalue weighted by Gasteiger charge is 2.23. The Balaban J connectivity index is 1.86. The van der Waals surface area contributed by atoms with Gasteiger partial charge in [0.05, 0.1) is 0 Å². The van der Waals surface area contributed by atoms with Gasteiger partial charge in [0, 0.05) is 17.6 Å². The zero-order valence-corrected chi connectivity index (χ0v) is 11.2. The molecule has 0 aromatic heterocycles. The average molecular weight is 298 g/mol. The van der Waals surface area contributed by atoms with Crippen LogP contribution in [0, 0.1) is 11.6 Å². The van der Waals surface area contributed by atoms with Crippen molar-refractivity contribution in [3.8, 4) is 0 Å². The van der Waals surface area contributed by atoms with Crippen LogP contribution in [0.3, 0.4) is 0 Å².